The summed E-state index contributed by atoms with van der Waals surface area (Å²) in [7, 11) is 0. The summed E-state index contributed by atoms with van der Waals surface area (Å²) in [6, 6.07) is 0.870. The molecule has 0 atom stereocenters. The highest BCUT2D eigenvalue weighted by atomic mass is 19.4. The first-order valence-electron chi connectivity index (χ1n) is 5.83. The van der Waals surface area contributed by atoms with Crippen LogP contribution < -0.4 is 0 Å². The van der Waals surface area contributed by atoms with Crippen LogP contribution in [-0.4, -0.2) is 15.8 Å². The van der Waals surface area contributed by atoms with Crippen molar-refractivity contribution in [2.75, 3.05) is 0 Å². The Labute approximate surface area is 112 Å². The molecule has 0 fully saturated rings. The Kier molecular flexibility index (Phi) is 3.87. The van der Waals surface area contributed by atoms with Gasteiger partial charge < -0.3 is 9.21 Å². The lowest BCUT2D eigenvalue weighted by molar-refractivity contribution is -0.137. The summed E-state index contributed by atoms with van der Waals surface area (Å²) in [5, 5.41) is 0. The molecule has 0 unspecified atom stereocenters. The third-order valence-corrected chi connectivity index (χ3v) is 2.64. The molecule has 2 rings (SSSR count). The molecule has 0 radical (unpaired) electrons. The number of carbonyl (C=O) groups is 1. The van der Waals surface area contributed by atoms with Gasteiger partial charge in [-0.2, -0.15) is 13.2 Å². The van der Waals surface area contributed by atoms with E-state index < -0.39 is 11.7 Å². The lowest BCUT2D eigenvalue weighted by atomic mass is 10.1. The predicted octanol–water partition coefficient (Wildman–Crippen LogP) is 3.28. The molecule has 0 saturated carbocycles. The average Bonchev–Trinajstić information content (AvgIpc) is 2.84. The molecule has 0 aliphatic rings. The smallest absolute Gasteiger partial charge is 0.417 e. The Bertz CT molecular complexity index is 620. The van der Waals surface area contributed by atoms with Gasteiger partial charge in [-0.05, 0) is 19.4 Å². The lowest BCUT2D eigenvalue weighted by Gasteiger charge is -2.09. The summed E-state index contributed by atoms with van der Waals surface area (Å²) < 4.78 is 43.6. The molecule has 2 aromatic rings. The van der Waals surface area contributed by atoms with Crippen molar-refractivity contribution < 1.29 is 22.4 Å². The summed E-state index contributed by atoms with van der Waals surface area (Å²) in [6.45, 7) is 1.43. The van der Waals surface area contributed by atoms with Gasteiger partial charge in [0, 0.05) is 18.8 Å². The van der Waals surface area contributed by atoms with Gasteiger partial charge in [-0.3, -0.25) is 4.98 Å². The quantitative estimate of drug-likeness (QED) is 0.864. The van der Waals surface area contributed by atoms with E-state index in [1.807, 2.05) is 0 Å². The number of aromatic nitrogens is 2. The molecule has 0 spiro atoms. The van der Waals surface area contributed by atoms with Crippen molar-refractivity contribution >= 4 is 5.78 Å². The zero-order valence-corrected chi connectivity index (χ0v) is 10.6. The first kappa shape index (κ1) is 14.2. The molecule has 4 nitrogen and oxygen atoms in total. The molecule has 2 aromatic heterocycles. The highest BCUT2D eigenvalue weighted by Gasteiger charge is 2.34. The number of hydrogen-bond acceptors (Lipinski definition) is 4. The van der Waals surface area contributed by atoms with Crippen LogP contribution in [0.3, 0.4) is 0 Å². The zero-order valence-electron chi connectivity index (χ0n) is 10.6. The predicted molar refractivity (Wildman–Crippen MR) is 63.7 cm³/mol. The maximum Gasteiger partial charge on any atom is 0.417 e. The second-order valence-electron chi connectivity index (χ2n) is 4.27. The van der Waals surface area contributed by atoms with Gasteiger partial charge in [0.2, 0.25) is 5.89 Å². The molecule has 106 valence electrons. The van der Waals surface area contributed by atoms with Crippen LogP contribution in [0.5, 0.6) is 0 Å². The van der Waals surface area contributed by atoms with Crippen LogP contribution in [0.4, 0.5) is 13.2 Å². The minimum atomic E-state index is -4.51. The average molecular weight is 284 g/mol. The van der Waals surface area contributed by atoms with Gasteiger partial charge >= 0.3 is 6.18 Å². The SMILES string of the molecule is CC(=O)CCc1coc(-c2cnccc2C(F)(F)F)n1. The number of aryl methyl sites for hydroxylation is 1. The number of pyridine rings is 1. The van der Waals surface area contributed by atoms with Crippen molar-refractivity contribution in [3.05, 3.63) is 36.0 Å². The Morgan fingerprint density at radius 3 is 2.80 bits per heavy atom. The lowest BCUT2D eigenvalue weighted by Crippen LogP contribution is -2.07. The fourth-order valence-corrected chi connectivity index (χ4v) is 1.66. The number of Topliss-reactive ketones (excluding diaryl/α,β-unsaturated/α-hetero) is 1. The van der Waals surface area contributed by atoms with Crippen LogP contribution in [0, 0.1) is 0 Å². The van der Waals surface area contributed by atoms with Crippen LogP contribution in [0.1, 0.15) is 24.6 Å². The van der Waals surface area contributed by atoms with E-state index in [-0.39, 0.29) is 23.7 Å². The minimum Gasteiger partial charge on any atom is -0.444 e. The summed E-state index contributed by atoms with van der Waals surface area (Å²) in [6.07, 6.45) is -0.529. The van der Waals surface area contributed by atoms with Crippen molar-refractivity contribution in [2.45, 2.75) is 25.9 Å². The topological polar surface area (TPSA) is 56.0 Å². The highest BCUT2D eigenvalue weighted by molar-refractivity contribution is 5.75. The fraction of sp³-hybridized carbons (Fsp3) is 0.308. The van der Waals surface area contributed by atoms with Crippen molar-refractivity contribution in [3.63, 3.8) is 0 Å². The third-order valence-electron chi connectivity index (χ3n) is 2.64. The normalized spacial score (nSPS) is 11.6. The van der Waals surface area contributed by atoms with E-state index in [9.17, 15) is 18.0 Å². The van der Waals surface area contributed by atoms with Crippen LogP contribution in [-0.2, 0) is 17.4 Å². The maximum atomic E-state index is 12.9. The van der Waals surface area contributed by atoms with Crippen LogP contribution >= 0.6 is 0 Å². The Morgan fingerprint density at radius 2 is 2.15 bits per heavy atom. The van der Waals surface area contributed by atoms with E-state index in [0.29, 0.717) is 12.1 Å². The van der Waals surface area contributed by atoms with E-state index in [2.05, 4.69) is 9.97 Å². The van der Waals surface area contributed by atoms with Gasteiger partial charge in [0.25, 0.3) is 0 Å². The monoisotopic (exact) mass is 284 g/mol. The van der Waals surface area contributed by atoms with Gasteiger partial charge in [-0.1, -0.05) is 0 Å². The van der Waals surface area contributed by atoms with Crippen LogP contribution in [0.2, 0.25) is 0 Å². The highest BCUT2D eigenvalue weighted by Crippen LogP contribution is 2.36. The number of halogens is 3. The molecule has 2 heterocycles. The van der Waals surface area contributed by atoms with Gasteiger partial charge in [0.05, 0.1) is 16.8 Å². The Morgan fingerprint density at radius 1 is 1.40 bits per heavy atom. The molecule has 20 heavy (non-hydrogen) atoms. The minimum absolute atomic E-state index is 0.0214. The molecule has 0 saturated heterocycles. The molecule has 7 heteroatoms. The summed E-state index contributed by atoms with van der Waals surface area (Å²) >= 11 is 0. The second-order valence-corrected chi connectivity index (χ2v) is 4.27. The van der Waals surface area contributed by atoms with E-state index in [1.165, 1.54) is 13.2 Å². The molecule has 0 aliphatic heterocycles. The number of alkyl halides is 3. The summed E-state index contributed by atoms with van der Waals surface area (Å²) in [5.41, 5.74) is -0.631. The van der Waals surface area contributed by atoms with Crippen LogP contribution in [0.15, 0.2) is 29.1 Å². The largest absolute Gasteiger partial charge is 0.444 e. The molecule has 0 bridgehead atoms. The number of nitrogens with zero attached hydrogens (tertiary/aromatic N) is 2. The molecule has 0 aromatic carbocycles. The first-order chi connectivity index (χ1) is 9.38. The number of rotatable bonds is 4. The van der Waals surface area contributed by atoms with Crippen molar-refractivity contribution in [1.29, 1.82) is 0 Å². The van der Waals surface area contributed by atoms with Gasteiger partial charge in [-0.15, -0.1) is 0 Å². The van der Waals surface area contributed by atoms with Gasteiger partial charge in [-0.25, -0.2) is 4.98 Å². The first-order valence-corrected chi connectivity index (χ1v) is 5.83. The molecular weight excluding hydrogens is 273 g/mol. The van der Waals surface area contributed by atoms with Crippen molar-refractivity contribution in [2.24, 2.45) is 0 Å². The second kappa shape index (κ2) is 5.44. The van der Waals surface area contributed by atoms with Crippen molar-refractivity contribution in [3.8, 4) is 11.5 Å². The molecule has 0 N–H and O–H groups in total. The van der Waals surface area contributed by atoms with Crippen LogP contribution in [0.25, 0.3) is 11.5 Å². The standard InChI is InChI=1S/C13H11F3N2O2/c1-8(19)2-3-9-7-20-12(18-9)10-6-17-5-4-11(10)13(14,15)16/h4-7H,2-3H2,1H3. The van der Waals surface area contributed by atoms with Crippen molar-refractivity contribution in [1.82, 2.24) is 9.97 Å². The summed E-state index contributed by atoms with van der Waals surface area (Å²) in [5.74, 6) is -0.170. The molecular formula is C13H11F3N2O2. The zero-order chi connectivity index (χ0) is 14.8. The van der Waals surface area contributed by atoms with E-state index >= 15 is 0 Å². The number of hydrogen-bond donors (Lipinski definition) is 0. The maximum absolute atomic E-state index is 12.9. The number of ketones is 1. The Balaban J connectivity index is 2.31. The van der Waals surface area contributed by atoms with Gasteiger partial charge in [0.15, 0.2) is 0 Å². The third kappa shape index (κ3) is 3.23. The van der Waals surface area contributed by atoms with E-state index in [0.717, 1.165) is 18.5 Å². The number of oxazole rings is 1. The van der Waals surface area contributed by atoms with E-state index in [4.69, 9.17) is 4.42 Å². The number of carbonyl (C=O) groups excluding carboxylic acids is 1. The fourth-order valence-electron chi connectivity index (χ4n) is 1.66. The molecule has 0 aliphatic carbocycles. The summed E-state index contributed by atoms with van der Waals surface area (Å²) in [4.78, 5) is 18.5. The molecule has 0 amide bonds. The van der Waals surface area contributed by atoms with E-state index in [1.54, 1.807) is 0 Å². The van der Waals surface area contributed by atoms with Gasteiger partial charge in [0.1, 0.15) is 12.0 Å². The Hall–Kier alpha value is -2.18.